The molecule has 0 atom stereocenters. The van der Waals surface area contributed by atoms with Crippen LogP contribution in [0.25, 0.3) is 6.08 Å². The molecule has 184 valence electrons. The maximum Gasteiger partial charge on any atom is 0.363 e. The first-order valence-corrected chi connectivity index (χ1v) is 12.4. The Morgan fingerprint density at radius 1 is 1.11 bits per heavy atom. The maximum absolute atomic E-state index is 12.4. The van der Waals surface area contributed by atoms with Crippen molar-refractivity contribution in [2.45, 2.75) is 13.5 Å². The Bertz CT molecular complexity index is 1420. The van der Waals surface area contributed by atoms with Crippen molar-refractivity contribution in [3.05, 3.63) is 101 Å². The minimum absolute atomic E-state index is 0.0120. The summed E-state index contributed by atoms with van der Waals surface area (Å²) in [4.78, 5) is 27.3. The number of carbonyl (C=O) groups excluding carboxylic acids is 1. The molecule has 8 nitrogen and oxygen atoms in total. The highest BCUT2D eigenvalue weighted by Crippen LogP contribution is 2.36. The van der Waals surface area contributed by atoms with Gasteiger partial charge in [-0.2, -0.15) is 0 Å². The first-order valence-electron chi connectivity index (χ1n) is 10.6. The van der Waals surface area contributed by atoms with Gasteiger partial charge in [-0.05, 0) is 77.0 Å². The topological polar surface area (TPSA) is 100 Å². The van der Waals surface area contributed by atoms with Gasteiger partial charge in [0.05, 0.1) is 25.1 Å². The molecule has 1 aliphatic heterocycles. The van der Waals surface area contributed by atoms with Gasteiger partial charge in [0.1, 0.15) is 6.61 Å². The van der Waals surface area contributed by atoms with E-state index in [4.69, 9.17) is 37.4 Å². The molecule has 4 rings (SSSR count). The van der Waals surface area contributed by atoms with Gasteiger partial charge in [0, 0.05) is 17.7 Å². The molecule has 0 N–H and O–H groups in total. The second-order valence-corrected chi connectivity index (χ2v) is 9.42. The maximum atomic E-state index is 12.4. The van der Waals surface area contributed by atoms with Crippen LogP contribution in [-0.2, 0) is 16.1 Å². The molecule has 0 amide bonds. The van der Waals surface area contributed by atoms with Crippen LogP contribution in [0.5, 0.6) is 11.5 Å². The van der Waals surface area contributed by atoms with E-state index in [1.54, 1.807) is 48.5 Å². The molecule has 36 heavy (non-hydrogen) atoms. The fourth-order valence-corrected chi connectivity index (χ4v) is 4.39. The number of benzene rings is 3. The van der Waals surface area contributed by atoms with Crippen molar-refractivity contribution < 1.29 is 23.9 Å². The van der Waals surface area contributed by atoms with E-state index in [1.165, 1.54) is 12.1 Å². The number of nitro groups is 1. The lowest BCUT2D eigenvalue weighted by molar-refractivity contribution is -0.384. The molecule has 0 saturated heterocycles. The number of esters is 1. The summed E-state index contributed by atoms with van der Waals surface area (Å²) in [6.07, 6.45) is 1.59. The molecule has 0 fully saturated rings. The van der Waals surface area contributed by atoms with Crippen LogP contribution in [0.2, 0.25) is 10.0 Å². The molecule has 1 heterocycles. The molecule has 3 aromatic carbocycles. The van der Waals surface area contributed by atoms with Crippen LogP contribution in [-0.4, -0.2) is 23.4 Å². The molecule has 0 aromatic heterocycles. The molecule has 1 aliphatic rings. The standard InChI is InChI=1S/C25H17Cl2IN2O6/c1-2-34-22-11-15(9-20(28)23(22)35-13-14-4-3-5-17(8-14)30(32)33)10-21-25(31)36-24(29-21)16-6-7-18(26)19(27)12-16/h3-12H,2,13H2,1H3/b21-10-. The Kier molecular flexibility index (Phi) is 8.12. The van der Waals surface area contributed by atoms with E-state index in [1.807, 2.05) is 6.92 Å². The Morgan fingerprint density at radius 2 is 1.92 bits per heavy atom. The number of cyclic esters (lactones) is 1. The first kappa shape index (κ1) is 25.9. The second-order valence-electron chi connectivity index (χ2n) is 7.44. The third-order valence-corrected chi connectivity index (χ3v) is 6.47. The van der Waals surface area contributed by atoms with Crippen LogP contribution in [0.4, 0.5) is 5.69 Å². The van der Waals surface area contributed by atoms with Gasteiger partial charge in [0.15, 0.2) is 17.2 Å². The molecule has 0 spiro atoms. The zero-order valence-electron chi connectivity index (χ0n) is 18.7. The quantitative estimate of drug-likeness (QED) is 0.0882. The summed E-state index contributed by atoms with van der Waals surface area (Å²) < 4.78 is 17.8. The first-order chi connectivity index (χ1) is 17.2. The number of non-ortho nitro benzene ring substituents is 1. The van der Waals surface area contributed by atoms with E-state index >= 15 is 0 Å². The predicted molar refractivity (Wildman–Crippen MR) is 145 cm³/mol. The number of aliphatic imine (C=N–C) groups is 1. The van der Waals surface area contributed by atoms with Crippen LogP contribution >= 0.6 is 45.8 Å². The fraction of sp³-hybridized carbons (Fsp3) is 0.120. The lowest BCUT2D eigenvalue weighted by Gasteiger charge is -2.15. The summed E-state index contributed by atoms with van der Waals surface area (Å²) in [5.41, 5.74) is 1.92. The second kappa shape index (κ2) is 11.3. The zero-order chi connectivity index (χ0) is 25.8. The number of hydrogen-bond acceptors (Lipinski definition) is 7. The molecular weight excluding hydrogens is 622 g/mol. The highest BCUT2D eigenvalue weighted by Gasteiger charge is 2.25. The molecular formula is C25H17Cl2IN2O6. The summed E-state index contributed by atoms with van der Waals surface area (Å²) in [7, 11) is 0. The van der Waals surface area contributed by atoms with Crippen molar-refractivity contribution in [3.63, 3.8) is 0 Å². The number of nitrogens with zero attached hydrogens (tertiary/aromatic N) is 2. The van der Waals surface area contributed by atoms with Gasteiger partial charge in [-0.15, -0.1) is 0 Å². The van der Waals surface area contributed by atoms with Crippen molar-refractivity contribution in [1.29, 1.82) is 0 Å². The largest absolute Gasteiger partial charge is 0.490 e. The number of nitro benzene ring substituents is 1. The van der Waals surface area contributed by atoms with Gasteiger partial charge < -0.3 is 14.2 Å². The van der Waals surface area contributed by atoms with Crippen LogP contribution in [0, 0.1) is 13.7 Å². The van der Waals surface area contributed by atoms with Crippen molar-refractivity contribution in [3.8, 4) is 11.5 Å². The lowest BCUT2D eigenvalue weighted by Crippen LogP contribution is -2.05. The number of carbonyl (C=O) groups is 1. The number of rotatable bonds is 8. The van der Waals surface area contributed by atoms with E-state index < -0.39 is 10.9 Å². The minimum atomic E-state index is -0.602. The highest BCUT2D eigenvalue weighted by atomic mass is 127. The van der Waals surface area contributed by atoms with Crippen molar-refractivity contribution in [1.82, 2.24) is 0 Å². The summed E-state index contributed by atoms with van der Waals surface area (Å²) in [5, 5.41) is 11.7. The molecule has 0 bridgehead atoms. The summed E-state index contributed by atoms with van der Waals surface area (Å²) >= 11 is 14.1. The Morgan fingerprint density at radius 3 is 2.64 bits per heavy atom. The van der Waals surface area contributed by atoms with Crippen LogP contribution < -0.4 is 9.47 Å². The minimum Gasteiger partial charge on any atom is -0.490 e. The van der Waals surface area contributed by atoms with Gasteiger partial charge in [-0.3, -0.25) is 10.1 Å². The number of hydrogen-bond donors (Lipinski definition) is 0. The summed E-state index contributed by atoms with van der Waals surface area (Å²) in [5.74, 6) is 0.471. The molecule has 0 aliphatic carbocycles. The van der Waals surface area contributed by atoms with Gasteiger partial charge in [0.2, 0.25) is 5.90 Å². The molecule has 3 aromatic rings. The van der Waals surface area contributed by atoms with Gasteiger partial charge >= 0.3 is 5.97 Å². The monoisotopic (exact) mass is 638 g/mol. The Hall–Kier alpha value is -3.15. The molecule has 0 unspecified atom stereocenters. The Labute approximate surface area is 229 Å². The van der Waals surface area contributed by atoms with Crippen molar-refractivity contribution >= 4 is 69.4 Å². The van der Waals surface area contributed by atoms with Gasteiger partial charge in [0.25, 0.3) is 5.69 Å². The summed E-state index contributed by atoms with van der Waals surface area (Å²) in [6.45, 7) is 2.33. The normalized spacial score (nSPS) is 13.9. The molecule has 11 heteroatoms. The predicted octanol–water partition coefficient (Wildman–Crippen LogP) is 6.83. The summed E-state index contributed by atoms with van der Waals surface area (Å²) in [6, 6.07) is 14.6. The SMILES string of the molecule is CCOc1cc(/C=C2\N=C(c3ccc(Cl)c(Cl)c3)OC2=O)cc(I)c1OCc1cccc([N+](=O)[O-])c1. The van der Waals surface area contributed by atoms with Crippen LogP contribution in [0.15, 0.2) is 65.3 Å². The van der Waals surface area contributed by atoms with E-state index in [9.17, 15) is 14.9 Å². The number of ether oxygens (including phenoxy) is 3. The highest BCUT2D eigenvalue weighted by molar-refractivity contribution is 14.1. The average Bonchev–Trinajstić information content (AvgIpc) is 3.20. The van der Waals surface area contributed by atoms with Crippen molar-refractivity contribution in [2.24, 2.45) is 4.99 Å². The van der Waals surface area contributed by atoms with Crippen LogP contribution in [0.1, 0.15) is 23.6 Å². The van der Waals surface area contributed by atoms with Crippen molar-refractivity contribution in [2.75, 3.05) is 6.61 Å². The third kappa shape index (κ3) is 5.97. The van der Waals surface area contributed by atoms with Crippen LogP contribution in [0.3, 0.4) is 0 Å². The van der Waals surface area contributed by atoms with E-state index in [0.717, 1.165) is 3.57 Å². The van der Waals surface area contributed by atoms with Gasteiger partial charge in [-0.1, -0.05) is 35.3 Å². The van der Waals surface area contributed by atoms with Gasteiger partial charge in [-0.25, -0.2) is 9.79 Å². The Balaban J connectivity index is 1.60. The zero-order valence-corrected chi connectivity index (χ0v) is 22.3. The molecule has 0 radical (unpaired) electrons. The molecule has 0 saturated carbocycles. The third-order valence-electron chi connectivity index (χ3n) is 4.93. The van der Waals surface area contributed by atoms with E-state index in [-0.39, 0.29) is 23.9 Å². The number of halogens is 3. The fourth-order valence-electron chi connectivity index (χ4n) is 3.31. The van der Waals surface area contributed by atoms with E-state index in [2.05, 4.69) is 27.6 Å². The van der Waals surface area contributed by atoms with E-state index in [0.29, 0.717) is 44.8 Å². The lowest BCUT2D eigenvalue weighted by atomic mass is 10.1. The smallest absolute Gasteiger partial charge is 0.363 e. The average molecular weight is 639 g/mol.